The Morgan fingerprint density at radius 2 is 1.80 bits per heavy atom. The number of benzene rings is 2. The van der Waals surface area contributed by atoms with Gasteiger partial charge >= 0.3 is 0 Å². The standard InChI is InChI=1S/C17H17F2N/c1-10-7-8-14(18)15(16(10)19)17(20)13-9-12(13)11-5-3-2-4-6-11/h2-8,12-13,17H,9,20H2,1H3. The summed E-state index contributed by atoms with van der Waals surface area (Å²) >= 11 is 0. The van der Waals surface area contributed by atoms with Gasteiger partial charge in [-0.05, 0) is 42.4 Å². The summed E-state index contributed by atoms with van der Waals surface area (Å²) in [7, 11) is 0. The first-order valence-electron chi connectivity index (χ1n) is 6.84. The quantitative estimate of drug-likeness (QED) is 0.896. The SMILES string of the molecule is Cc1ccc(F)c(C(N)C2CC2c2ccccc2)c1F. The van der Waals surface area contributed by atoms with Crippen LogP contribution in [0.3, 0.4) is 0 Å². The topological polar surface area (TPSA) is 26.0 Å². The van der Waals surface area contributed by atoms with E-state index in [-0.39, 0.29) is 11.5 Å². The van der Waals surface area contributed by atoms with E-state index in [0.717, 1.165) is 6.42 Å². The summed E-state index contributed by atoms with van der Waals surface area (Å²) in [5.41, 5.74) is 7.79. The maximum Gasteiger partial charge on any atom is 0.133 e. The molecule has 3 unspecified atom stereocenters. The van der Waals surface area contributed by atoms with Crippen LogP contribution in [0.25, 0.3) is 0 Å². The van der Waals surface area contributed by atoms with Gasteiger partial charge in [0.1, 0.15) is 11.6 Å². The number of hydrogen-bond acceptors (Lipinski definition) is 1. The highest BCUT2D eigenvalue weighted by Crippen LogP contribution is 2.53. The lowest BCUT2D eigenvalue weighted by atomic mass is 9.97. The second kappa shape index (κ2) is 4.98. The van der Waals surface area contributed by atoms with Gasteiger partial charge in [0.05, 0.1) is 0 Å². The van der Waals surface area contributed by atoms with Crippen LogP contribution in [-0.4, -0.2) is 0 Å². The van der Waals surface area contributed by atoms with Crippen molar-refractivity contribution in [2.24, 2.45) is 11.7 Å². The first-order chi connectivity index (χ1) is 9.59. The molecule has 2 N–H and O–H groups in total. The third kappa shape index (κ3) is 2.22. The lowest BCUT2D eigenvalue weighted by molar-refractivity contribution is 0.495. The lowest BCUT2D eigenvalue weighted by Crippen LogP contribution is -2.17. The van der Waals surface area contributed by atoms with Gasteiger partial charge in [0.25, 0.3) is 0 Å². The molecule has 3 atom stereocenters. The Hall–Kier alpha value is -1.74. The molecule has 3 heteroatoms. The van der Waals surface area contributed by atoms with Crippen molar-refractivity contribution in [3.63, 3.8) is 0 Å². The van der Waals surface area contributed by atoms with E-state index in [1.54, 1.807) is 6.92 Å². The minimum atomic E-state index is -0.583. The van der Waals surface area contributed by atoms with Gasteiger partial charge in [-0.25, -0.2) is 8.78 Å². The second-order valence-corrected chi connectivity index (χ2v) is 5.53. The van der Waals surface area contributed by atoms with Crippen LogP contribution in [0.4, 0.5) is 8.78 Å². The summed E-state index contributed by atoms with van der Waals surface area (Å²) in [6.07, 6.45) is 0.887. The fourth-order valence-corrected chi connectivity index (χ4v) is 2.89. The molecule has 0 amide bonds. The summed E-state index contributed by atoms with van der Waals surface area (Å²) in [6, 6.07) is 12.2. The molecule has 1 aliphatic carbocycles. The normalized spacial score (nSPS) is 22.6. The van der Waals surface area contributed by atoms with E-state index in [2.05, 4.69) is 0 Å². The molecule has 2 aromatic rings. The molecule has 1 saturated carbocycles. The Balaban J connectivity index is 1.85. The Kier molecular flexibility index (Phi) is 3.30. The maximum absolute atomic E-state index is 14.1. The first kappa shape index (κ1) is 13.3. The van der Waals surface area contributed by atoms with Crippen LogP contribution in [0.15, 0.2) is 42.5 Å². The Labute approximate surface area is 117 Å². The summed E-state index contributed by atoms with van der Waals surface area (Å²) in [5.74, 6) is -0.621. The highest BCUT2D eigenvalue weighted by atomic mass is 19.1. The number of hydrogen-bond donors (Lipinski definition) is 1. The lowest BCUT2D eigenvalue weighted by Gasteiger charge is -2.15. The summed E-state index contributed by atoms with van der Waals surface area (Å²) in [4.78, 5) is 0. The fraction of sp³-hybridized carbons (Fsp3) is 0.294. The Bertz CT molecular complexity index is 624. The van der Waals surface area contributed by atoms with Crippen molar-refractivity contribution in [1.82, 2.24) is 0 Å². The molecule has 0 radical (unpaired) electrons. The average molecular weight is 273 g/mol. The van der Waals surface area contributed by atoms with E-state index in [9.17, 15) is 8.78 Å². The third-order valence-corrected chi connectivity index (χ3v) is 4.18. The van der Waals surface area contributed by atoms with Crippen LogP contribution in [0.5, 0.6) is 0 Å². The van der Waals surface area contributed by atoms with Gasteiger partial charge in [-0.1, -0.05) is 36.4 Å². The van der Waals surface area contributed by atoms with Crippen molar-refractivity contribution in [1.29, 1.82) is 0 Å². The molecule has 1 nitrogen and oxygen atoms in total. The third-order valence-electron chi connectivity index (χ3n) is 4.18. The van der Waals surface area contributed by atoms with Gasteiger partial charge in [-0.2, -0.15) is 0 Å². The van der Waals surface area contributed by atoms with Gasteiger partial charge in [-0.3, -0.25) is 0 Å². The highest BCUT2D eigenvalue weighted by Gasteiger charge is 2.44. The monoisotopic (exact) mass is 273 g/mol. The molecule has 20 heavy (non-hydrogen) atoms. The van der Waals surface area contributed by atoms with Crippen molar-refractivity contribution in [2.75, 3.05) is 0 Å². The van der Waals surface area contributed by atoms with Gasteiger partial charge in [0.15, 0.2) is 0 Å². The minimum Gasteiger partial charge on any atom is -0.324 e. The number of halogens is 2. The van der Waals surface area contributed by atoms with E-state index in [1.165, 1.54) is 17.7 Å². The highest BCUT2D eigenvalue weighted by molar-refractivity contribution is 5.34. The van der Waals surface area contributed by atoms with Crippen LogP contribution in [-0.2, 0) is 0 Å². The molecule has 0 saturated heterocycles. The van der Waals surface area contributed by atoms with E-state index in [4.69, 9.17) is 5.73 Å². The van der Waals surface area contributed by atoms with Crippen LogP contribution < -0.4 is 5.73 Å². The number of rotatable bonds is 3. The Morgan fingerprint density at radius 3 is 2.50 bits per heavy atom. The van der Waals surface area contributed by atoms with Crippen LogP contribution in [0.1, 0.15) is 35.1 Å². The molecule has 0 aliphatic heterocycles. The van der Waals surface area contributed by atoms with Crippen molar-refractivity contribution >= 4 is 0 Å². The molecular weight excluding hydrogens is 256 g/mol. The van der Waals surface area contributed by atoms with Crippen molar-refractivity contribution < 1.29 is 8.78 Å². The predicted molar refractivity (Wildman–Crippen MR) is 75.3 cm³/mol. The molecule has 104 valence electrons. The molecule has 1 fully saturated rings. The van der Waals surface area contributed by atoms with E-state index >= 15 is 0 Å². The average Bonchev–Trinajstić information content (AvgIpc) is 3.25. The zero-order chi connectivity index (χ0) is 14.3. The first-order valence-corrected chi connectivity index (χ1v) is 6.84. The van der Waals surface area contributed by atoms with Crippen molar-refractivity contribution in [2.45, 2.75) is 25.3 Å². The van der Waals surface area contributed by atoms with Crippen LogP contribution in [0.2, 0.25) is 0 Å². The van der Waals surface area contributed by atoms with Gasteiger partial charge in [0.2, 0.25) is 0 Å². The molecule has 1 aliphatic rings. The minimum absolute atomic E-state index is 0.0356. The van der Waals surface area contributed by atoms with Crippen molar-refractivity contribution in [3.8, 4) is 0 Å². The molecule has 0 bridgehead atoms. The maximum atomic E-state index is 14.1. The zero-order valence-electron chi connectivity index (χ0n) is 11.3. The molecule has 0 aromatic heterocycles. The van der Waals surface area contributed by atoms with E-state index in [0.29, 0.717) is 11.5 Å². The molecule has 2 aromatic carbocycles. The van der Waals surface area contributed by atoms with Crippen molar-refractivity contribution in [3.05, 3.63) is 70.8 Å². The zero-order valence-corrected chi connectivity index (χ0v) is 11.3. The molecule has 0 heterocycles. The molecule has 0 spiro atoms. The van der Waals surface area contributed by atoms with E-state index in [1.807, 2.05) is 30.3 Å². The smallest absolute Gasteiger partial charge is 0.133 e. The van der Waals surface area contributed by atoms with Crippen LogP contribution in [0, 0.1) is 24.5 Å². The summed E-state index contributed by atoms with van der Waals surface area (Å²) in [5, 5.41) is 0. The summed E-state index contributed by atoms with van der Waals surface area (Å²) in [6.45, 7) is 1.63. The van der Waals surface area contributed by atoms with E-state index < -0.39 is 17.7 Å². The molecule has 3 rings (SSSR count). The fourth-order valence-electron chi connectivity index (χ4n) is 2.89. The predicted octanol–water partition coefficient (Wildman–Crippen LogP) is 4.08. The number of aryl methyl sites for hydroxylation is 1. The Morgan fingerprint density at radius 1 is 1.10 bits per heavy atom. The number of nitrogens with two attached hydrogens (primary N) is 1. The largest absolute Gasteiger partial charge is 0.324 e. The molecular formula is C17H17F2N. The summed E-state index contributed by atoms with van der Waals surface area (Å²) < 4.78 is 28.0. The second-order valence-electron chi connectivity index (χ2n) is 5.53. The van der Waals surface area contributed by atoms with Gasteiger partial charge in [0, 0.05) is 11.6 Å². The van der Waals surface area contributed by atoms with Gasteiger partial charge < -0.3 is 5.73 Å². The van der Waals surface area contributed by atoms with Crippen LogP contribution >= 0.6 is 0 Å². The van der Waals surface area contributed by atoms with Gasteiger partial charge in [-0.15, -0.1) is 0 Å².